The first kappa shape index (κ1) is 16.6. The van der Waals surface area contributed by atoms with Gasteiger partial charge in [0.15, 0.2) is 5.78 Å². The van der Waals surface area contributed by atoms with Crippen molar-refractivity contribution in [3.05, 3.63) is 35.0 Å². The van der Waals surface area contributed by atoms with E-state index in [9.17, 15) is 9.18 Å². The number of ketones is 1. The molecule has 2 nitrogen and oxygen atoms in total. The van der Waals surface area contributed by atoms with Gasteiger partial charge in [0.2, 0.25) is 0 Å². The van der Waals surface area contributed by atoms with Crippen LogP contribution in [0.1, 0.15) is 49.7 Å². The van der Waals surface area contributed by atoms with E-state index in [-0.39, 0.29) is 22.4 Å². The van der Waals surface area contributed by atoms with Crippen molar-refractivity contribution < 1.29 is 9.18 Å². The van der Waals surface area contributed by atoms with Gasteiger partial charge >= 0.3 is 0 Å². The smallest absolute Gasteiger partial charge is 0.180 e. The van der Waals surface area contributed by atoms with Gasteiger partial charge in [-0.05, 0) is 60.9 Å². The van der Waals surface area contributed by atoms with E-state index in [1.54, 1.807) is 6.07 Å². The Morgan fingerprint density at radius 2 is 2.13 bits per heavy atom. The topological polar surface area (TPSA) is 29.1 Å². The molecule has 0 radical (unpaired) electrons. The second kappa shape index (κ2) is 5.99. The first-order valence-corrected chi connectivity index (χ1v) is 9.05. The van der Waals surface area contributed by atoms with E-state index in [4.69, 9.17) is 0 Å². The van der Waals surface area contributed by atoms with E-state index in [1.807, 2.05) is 6.07 Å². The fraction of sp³-hybridized carbons (Fsp3) is 0.526. The monoisotopic (exact) mass is 333 g/mol. The molecule has 2 heterocycles. The van der Waals surface area contributed by atoms with E-state index in [0.29, 0.717) is 0 Å². The Labute approximate surface area is 141 Å². The van der Waals surface area contributed by atoms with Crippen LogP contribution >= 0.6 is 11.3 Å². The molecule has 1 unspecified atom stereocenters. The number of halogens is 1. The molecule has 124 valence electrons. The van der Waals surface area contributed by atoms with Crippen molar-refractivity contribution in [1.82, 2.24) is 5.32 Å². The van der Waals surface area contributed by atoms with E-state index in [1.165, 1.54) is 23.5 Å². The Hall–Kier alpha value is -1.26. The molecular weight excluding hydrogens is 309 g/mol. The minimum absolute atomic E-state index is 0.221. The molecule has 3 rings (SSSR count). The highest BCUT2D eigenvalue weighted by Crippen LogP contribution is 2.40. The Morgan fingerprint density at radius 3 is 2.78 bits per heavy atom. The minimum Gasteiger partial charge on any atom is -0.316 e. The highest BCUT2D eigenvalue weighted by molar-refractivity contribution is 7.20. The molecule has 1 aromatic heterocycles. The van der Waals surface area contributed by atoms with Crippen LogP contribution in [-0.2, 0) is 0 Å². The highest BCUT2D eigenvalue weighted by Gasteiger charge is 2.42. The normalized spacial score (nSPS) is 21.9. The summed E-state index contributed by atoms with van der Waals surface area (Å²) in [6.45, 7) is 8.31. The molecule has 2 aromatic rings. The standard InChI is InChI=1S/C19H24FNOS/c1-18(2,3)6-7-19(8-9-21-12-19)17(22)16-11-13-10-14(20)4-5-15(13)23-16/h4-5,10-11,21H,6-9,12H2,1-3H3. The van der Waals surface area contributed by atoms with Crippen LogP contribution in [0.3, 0.4) is 0 Å². The van der Waals surface area contributed by atoms with Gasteiger partial charge in [0.05, 0.1) is 4.88 Å². The molecule has 1 aliphatic heterocycles. The van der Waals surface area contributed by atoms with Gasteiger partial charge in [-0.15, -0.1) is 11.3 Å². The molecular formula is C19H24FNOS. The van der Waals surface area contributed by atoms with Crippen LogP contribution in [0.2, 0.25) is 0 Å². The van der Waals surface area contributed by atoms with Crippen molar-refractivity contribution in [1.29, 1.82) is 0 Å². The molecule has 1 saturated heterocycles. The number of nitrogens with one attached hydrogen (secondary N) is 1. The van der Waals surface area contributed by atoms with Crippen LogP contribution in [-0.4, -0.2) is 18.9 Å². The Balaban J connectivity index is 1.90. The van der Waals surface area contributed by atoms with E-state index in [2.05, 4.69) is 26.1 Å². The van der Waals surface area contributed by atoms with E-state index >= 15 is 0 Å². The molecule has 4 heteroatoms. The number of benzene rings is 1. The molecule has 0 aliphatic carbocycles. The summed E-state index contributed by atoms with van der Waals surface area (Å²) in [5, 5.41) is 4.20. The zero-order chi connectivity index (χ0) is 16.7. The Morgan fingerprint density at radius 1 is 1.35 bits per heavy atom. The number of hydrogen-bond donors (Lipinski definition) is 1. The van der Waals surface area contributed by atoms with Crippen LogP contribution in [0.15, 0.2) is 24.3 Å². The maximum Gasteiger partial charge on any atom is 0.180 e. The van der Waals surface area contributed by atoms with Crippen LogP contribution in [0.5, 0.6) is 0 Å². The molecule has 23 heavy (non-hydrogen) atoms. The number of carbonyl (C=O) groups is 1. The summed E-state index contributed by atoms with van der Waals surface area (Å²) in [6, 6.07) is 6.60. The third-order valence-electron chi connectivity index (χ3n) is 4.78. The molecule has 1 fully saturated rings. The van der Waals surface area contributed by atoms with E-state index in [0.717, 1.165) is 47.3 Å². The quantitative estimate of drug-likeness (QED) is 0.795. The lowest BCUT2D eigenvalue weighted by Crippen LogP contribution is -2.34. The van der Waals surface area contributed by atoms with Crippen molar-refractivity contribution in [3.63, 3.8) is 0 Å². The van der Waals surface area contributed by atoms with Gasteiger partial charge in [0, 0.05) is 16.7 Å². The van der Waals surface area contributed by atoms with Crippen molar-refractivity contribution in [2.45, 2.75) is 40.0 Å². The van der Waals surface area contributed by atoms with Gasteiger partial charge in [0.25, 0.3) is 0 Å². The largest absolute Gasteiger partial charge is 0.316 e. The minimum atomic E-state index is -0.299. The van der Waals surface area contributed by atoms with Gasteiger partial charge in [-0.1, -0.05) is 20.8 Å². The second-order valence-electron chi connectivity index (χ2n) is 7.89. The van der Waals surface area contributed by atoms with E-state index < -0.39 is 0 Å². The molecule has 0 spiro atoms. The van der Waals surface area contributed by atoms with Crippen LogP contribution < -0.4 is 5.32 Å². The summed E-state index contributed by atoms with van der Waals surface area (Å²) in [6.07, 6.45) is 2.83. The Kier molecular flexibility index (Phi) is 4.32. The second-order valence-corrected chi connectivity index (χ2v) is 8.97. The summed E-state index contributed by atoms with van der Waals surface area (Å²) < 4.78 is 14.4. The fourth-order valence-corrected chi connectivity index (χ4v) is 4.37. The Bertz CT molecular complexity index is 723. The average Bonchev–Trinajstić information content (AvgIpc) is 3.10. The lowest BCUT2D eigenvalue weighted by molar-refractivity contribution is 0.0788. The van der Waals surface area contributed by atoms with Crippen LogP contribution in [0.4, 0.5) is 4.39 Å². The fourth-order valence-electron chi connectivity index (χ4n) is 3.27. The number of Topliss-reactive ketones (excluding diaryl/α,β-unsaturated/α-hetero) is 1. The SMILES string of the molecule is CC(C)(C)CCC1(C(=O)c2cc3cc(F)ccc3s2)CCNC1. The number of carbonyl (C=O) groups excluding carboxylic acids is 1. The van der Waals surface area contributed by atoms with Crippen molar-refractivity contribution in [2.24, 2.45) is 10.8 Å². The maximum atomic E-state index is 13.4. The molecule has 1 N–H and O–H groups in total. The lowest BCUT2D eigenvalue weighted by atomic mass is 9.74. The molecule has 1 atom stereocenters. The molecule has 1 aromatic carbocycles. The summed E-state index contributed by atoms with van der Waals surface area (Å²) in [5.74, 6) is -0.0207. The maximum absolute atomic E-state index is 13.4. The van der Waals surface area contributed by atoms with Crippen molar-refractivity contribution in [3.8, 4) is 0 Å². The van der Waals surface area contributed by atoms with Crippen LogP contribution in [0, 0.1) is 16.6 Å². The summed E-state index contributed by atoms with van der Waals surface area (Å²) in [4.78, 5) is 14.0. The first-order chi connectivity index (χ1) is 10.8. The number of thiophene rings is 1. The van der Waals surface area contributed by atoms with Crippen LogP contribution in [0.25, 0.3) is 10.1 Å². The van der Waals surface area contributed by atoms with Gasteiger partial charge in [-0.25, -0.2) is 4.39 Å². The predicted octanol–water partition coefficient (Wildman–Crippen LogP) is 5.03. The summed E-state index contributed by atoms with van der Waals surface area (Å²) in [5.41, 5.74) is -0.0775. The van der Waals surface area contributed by atoms with Gasteiger partial charge in [-0.2, -0.15) is 0 Å². The van der Waals surface area contributed by atoms with Crippen molar-refractivity contribution >= 4 is 27.2 Å². The van der Waals surface area contributed by atoms with Gasteiger partial charge in [-0.3, -0.25) is 4.79 Å². The number of fused-ring (bicyclic) bond motifs is 1. The molecule has 1 aliphatic rings. The molecule has 0 saturated carbocycles. The number of rotatable bonds is 4. The summed E-state index contributed by atoms with van der Waals surface area (Å²) in [7, 11) is 0. The summed E-state index contributed by atoms with van der Waals surface area (Å²) >= 11 is 1.49. The molecule has 0 amide bonds. The highest BCUT2D eigenvalue weighted by atomic mass is 32.1. The zero-order valence-corrected chi connectivity index (χ0v) is 14.9. The zero-order valence-electron chi connectivity index (χ0n) is 14.0. The lowest BCUT2D eigenvalue weighted by Gasteiger charge is -2.30. The molecule has 0 bridgehead atoms. The average molecular weight is 333 g/mol. The predicted molar refractivity (Wildman–Crippen MR) is 94.7 cm³/mol. The first-order valence-electron chi connectivity index (χ1n) is 8.24. The third-order valence-corrected chi connectivity index (χ3v) is 5.90. The third kappa shape index (κ3) is 3.48. The number of hydrogen-bond acceptors (Lipinski definition) is 3. The van der Waals surface area contributed by atoms with Crippen molar-refractivity contribution in [2.75, 3.05) is 13.1 Å². The van der Waals surface area contributed by atoms with Gasteiger partial charge in [0.1, 0.15) is 5.82 Å². The van der Waals surface area contributed by atoms with Gasteiger partial charge < -0.3 is 5.32 Å².